The van der Waals surface area contributed by atoms with Crippen molar-refractivity contribution in [3.05, 3.63) is 35.9 Å². The van der Waals surface area contributed by atoms with Gasteiger partial charge in [-0.05, 0) is 24.8 Å². The topological polar surface area (TPSA) is 110 Å². The van der Waals surface area contributed by atoms with Crippen LogP contribution in [0.25, 0.3) is 0 Å². The Morgan fingerprint density at radius 2 is 1.29 bits per heavy atom. The van der Waals surface area contributed by atoms with Crippen LogP contribution in [0, 0.1) is 5.92 Å². The number of carbonyl (C=O) groups is 5. The van der Waals surface area contributed by atoms with Gasteiger partial charge in [-0.1, -0.05) is 44.2 Å². The number of quaternary nitrogens is 1. The molecule has 1 aromatic carbocycles. The van der Waals surface area contributed by atoms with Crippen LogP contribution in [0.4, 0.5) is 0 Å². The van der Waals surface area contributed by atoms with Gasteiger partial charge in [0, 0.05) is 41.7 Å². The number of nitrogens with zero attached hydrogens (tertiary/aromatic N) is 5. The Labute approximate surface area is 246 Å². The van der Waals surface area contributed by atoms with Gasteiger partial charge in [-0.15, -0.1) is 0 Å². The van der Waals surface area contributed by atoms with E-state index in [1.165, 1.54) is 40.7 Å². The predicted molar refractivity (Wildman–Crippen MR) is 160 cm³/mol. The molecule has 5 amide bonds. The van der Waals surface area contributed by atoms with Gasteiger partial charge in [0.15, 0.2) is 6.04 Å². The molecule has 1 N–H and O–H groups in total. The summed E-state index contributed by atoms with van der Waals surface area (Å²) in [5.74, 6) is -1.48. The highest BCUT2D eigenvalue weighted by Crippen LogP contribution is 2.17. The molecule has 41 heavy (non-hydrogen) atoms. The van der Waals surface area contributed by atoms with E-state index in [0.29, 0.717) is 10.9 Å². The first-order chi connectivity index (χ1) is 18.9. The lowest BCUT2D eigenvalue weighted by atomic mass is 9.99. The van der Waals surface area contributed by atoms with E-state index in [-0.39, 0.29) is 49.2 Å². The fraction of sp³-hybridized carbons (Fsp3) is 0.633. The Morgan fingerprint density at radius 1 is 0.756 bits per heavy atom. The van der Waals surface area contributed by atoms with Crippen LogP contribution in [0.15, 0.2) is 30.3 Å². The van der Waals surface area contributed by atoms with E-state index in [9.17, 15) is 24.0 Å². The van der Waals surface area contributed by atoms with Gasteiger partial charge in [-0.2, -0.15) is 0 Å². The molecule has 0 radical (unpaired) electrons. The monoisotopic (exact) mass is 575 g/mol. The number of hydrogen-bond acceptors (Lipinski definition) is 5. The van der Waals surface area contributed by atoms with Gasteiger partial charge in [0.25, 0.3) is 5.91 Å². The number of benzene rings is 1. The van der Waals surface area contributed by atoms with Crippen molar-refractivity contribution in [2.75, 3.05) is 69.5 Å². The first-order valence-corrected chi connectivity index (χ1v) is 14.0. The summed E-state index contributed by atoms with van der Waals surface area (Å²) in [6, 6.07) is 7.41. The van der Waals surface area contributed by atoms with Crippen molar-refractivity contribution in [3.63, 3.8) is 0 Å². The van der Waals surface area contributed by atoms with E-state index in [2.05, 4.69) is 5.32 Å². The van der Waals surface area contributed by atoms with E-state index >= 15 is 0 Å². The Morgan fingerprint density at radius 3 is 1.78 bits per heavy atom. The van der Waals surface area contributed by atoms with Crippen molar-refractivity contribution in [1.82, 2.24) is 24.9 Å². The molecule has 1 aromatic rings. The van der Waals surface area contributed by atoms with Gasteiger partial charge >= 0.3 is 0 Å². The van der Waals surface area contributed by atoms with Crippen LogP contribution < -0.4 is 5.32 Å². The zero-order chi connectivity index (χ0) is 31.7. The molecule has 11 nitrogen and oxygen atoms in total. The van der Waals surface area contributed by atoms with Gasteiger partial charge in [0.05, 0.1) is 34.2 Å². The summed E-state index contributed by atoms with van der Waals surface area (Å²) in [5.41, 5.74) is 0.857. The third-order valence-corrected chi connectivity index (χ3v) is 7.54. The Hall–Kier alpha value is -3.47. The van der Waals surface area contributed by atoms with Gasteiger partial charge in [0.2, 0.25) is 23.6 Å². The number of carbonyl (C=O) groups excluding carboxylic acids is 5. The first kappa shape index (κ1) is 35.6. The van der Waals surface area contributed by atoms with Gasteiger partial charge in [0.1, 0.15) is 12.1 Å². The lowest BCUT2D eigenvalue weighted by Crippen LogP contribution is -2.56. The average Bonchev–Trinajstić information content (AvgIpc) is 2.91. The summed E-state index contributed by atoms with van der Waals surface area (Å²) in [6.07, 6.45) is 0.708. The highest BCUT2D eigenvalue weighted by atomic mass is 16.2. The van der Waals surface area contributed by atoms with Crippen molar-refractivity contribution < 1.29 is 28.5 Å². The van der Waals surface area contributed by atoms with E-state index in [4.69, 9.17) is 0 Å². The molecule has 0 bridgehead atoms. The maximum atomic E-state index is 13.8. The summed E-state index contributed by atoms with van der Waals surface area (Å²) in [5, 5.41) is 2.64. The minimum Gasteiger partial charge on any atom is -0.357 e. The highest BCUT2D eigenvalue weighted by molar-refractivity contribution is 5.93. The number of rotatable bonds is 14. The fourth-order valence-electron chi connectivity index (χ4n) is 4.30. The van der Waals surface area contributed by atoms with Crippen molar-refractivity contribution in [1.29, 1.82) is 0 Å². The maximum Gasteiger partial charge on any atom is 0.280 e. The van der Waals surface area contributed by atoms with E-state index in [0.717, 1.165) is 5.56 Å². The van der Waals surface area contributed by atoms with Crippen molar-refractivity contribution >= 4 is 29.5 Å². The highest BCUT2D eigenvalue weighted by Gasteiger charge is 2.36. The number of nitrogens with one attached hydrogen (secondary N) is 1. The quantitative estimate of drug-likeness (QED) is 0.328. The minimum absolute atomic E-state index is 0.162. The van der Waals surface area contributed by atoms with Gasteiger partial charge in [-0.3, -0.25) is 24.0 Å². The summed E-state index contributed by atoms with van der Waals surface area (Å²) in [6.45, 7) is 5.32. The molecule has 0 aromatic heterocycles. The van der Waals surface area contributed by atoms with Crippen LogP contribution in [0.2, 0.25) is 0 Å². The number of likely N-dealkylation sites (N-methyl/N-ethyl adjacent to an activating group) is 6. The second-order valence-corrected chi connectivity index (χ2v) is 12.2. The largest absolute Gasteiger partial charge is 0.357 e. The zero-order valence-corrected chi connectivity index (χ0v) is 26.8. The van der Waals surface area contributed by atoms with Crippen molar-refractivity contribution in [2.45, 2.75) is 51.7 Å². The van der Waals surface area contributed by atoms with Crippen LogP contribution in [0.5, 0.6) is 0 Å². The molecular formula is C30H51N6O5+. The second kappa shape index (κ2) is 15.5. The average molecular weight is 576 g/mol. The molecule has 0 saturated carbocycles. The lowest BCUT2D eigenvalue weighted by molar-refractivity contribution is -0.884. The Kier molecular flexibility index (Phi) is 13.4. The summed E-state index contributed by atoms with van der Waals surface area (Å²) in [7, 11) is 13.4. The molecule has 0 spiro atoms. The molecule has 0 aliphatic rings. The van der Waals surface area contributed by atoms with Crippen molar-refractivity contribution in [3.8, 4) is 0 Å². The molecule has 11 heteroatoms. The molecule has 1 rings (SSSR count). The summed E-state index contributed by atoms with van der Waals surface area (Å²) in [4.78, 5) is 71.0. The number of amides is 5. The zero-order valence-electron chi connectivity index (χ0n) is 26.8. The summed E-state index contributed by atoms with van der Waals surface area (Å²) < 4.78 is 0.416. The SMILES string of the molecule is CNC(=O)[C@H](CC(C)C)N(C)C(=O)[C@H](Cc1ccccc1)N(C)C(=O)CN(C)C(=O)CN(C)C(=O)C(C)[N+](C)(C)C. The molecule has 3 atom stereocenters. The third-order valence-electron chi connectivity index (χ3n) is 7.54. The van der Waals surface area contributed by atoms with Crippen LogP contribution in [0.1, 0.15) is 32.8 Å². The fourth-order valence-corrected chi connectivity index (χ4v) is 4.30. The van der Waals surface area contributed by atoms with Crippen LogP contribution in [-0.4, -0.2) is 141 Å². The van der Waals surface area contributed by atoms with E-state index < -0.39 is 23.9 Å². The molecule has 0 fully saturated rings. The molecule has 230 valence electrons. The molecule has 1 unspecified atom stereocenters. The summed E-state index contributed by atoms with van der Waals surface area (Å²) >= 11 is 0. The predicted octanol–water partition coefficient (Wildman–Crippen LogP) is 0.687. The second-order valence-electron chi connectivity index (χ2n) is 12.2. The van der Waals surface area contributed by atoms with Crippen LogP contribution in [-0.2, 0) is 30.4 Å². The minimum atomic E-state index is -0.896. The molecule has 0 heterocycles. The van der Waals surface area contributed by atoms with Crippen molar-refractivity contribution in [2.24, 2.45) is 5.92 Å². The van der Waals surface area contributed by atoms with E-state index in [1.807, 2.05) is 72.2 Å². The normalized spacial score (nSPS) is 13.6. The maximum absolute atomic E-state index is 13.8. The molecule has 0 saturated heterocycles. The third kappa shape index (κ3) is 10.5. The first-order valence-electron chi connectivity index (χ1n) is 14.0. The standard InChI is InChI=1S/C30H50N6O5/c1-21(2)17-24(28(39)31-4)35(8)30(41)25(18-23-15-13-12-14-16-23)34(7)27(38)20-32(5)26(37)19-33(6)29(40)22(3)36(9,10)11/h12-16,21-22,24-25H,17-20H2,1-11H3/p+1/t22?,24-,25-/m0/s1. The van der Waals surface area contributed by atoms with E-state index in [1.54, 1.807) is 14.1 Å². The molecule has 0 aliphatic heterocycles. The molecule has 0 aliphatic carbocycles. The Bertz CT molecular complexity index is 1060. The van der Waals surface area contributed by atoms with Crippen LogP contribution in [0.3, 0.4) is 0 Å². The smallest absolute Gasteiger partial charge is 0.280 e. The Balaban J connectivity index is 3.12. The molecular weight excluding hydrogens is 524 g/mol. The van der Waals surface area contributed by atoms with Gasteiger partial charge in [-0.25, -0.2) is 0 Å². The lowest BCUT2D eigenvalue weighted by Gasteiger charge is -2.35. The van der Waals surface area contributed by atoms with Gasteiger partial charge < -0.3 is 29.4 Å². The number of hydrogen-bond donors (Lipinski definition) is 1. The van der Waals surface area contributed by atoms with Crippen LogP contribution >= 0.6 is 0 Å².